The second-order valence-corrected chi connectivity index (χ2v) is 5.62. The van der Waals surface area contributed by atoms with Crippen LogP contribution in [-0.4, -0.2) is 46.8 Å². The third-order valence-corrected chi connectivity index (χ3v) is 1.94. The maximum Gasteiger partial charge on any atom is 0.248 e. The van der Waals surface area contributed by atoms with Crippen LogP contribution in [0.25, 0.3) is 0 Å². The number of carbonyl (C=O) groups is 1. The van der Waals surface area contributed by atoms with Gasteiger partial charge in [-0.05, 0) is 41.5 Å². The summed E-state index contributed by atoms with van der Waals surface area (Å²) < 4.78 is 5.42. The third kappa shape index (κ3) is 7.65. The van der Waals surface area contributed by atoms with Gasteiger partial charge in [0, 0.05) is 13.1 Å². The van der Waals surface area contributed by atoms with Crippen LogP contribution in [0.15, 0.2) is 0 Å². The molecule has 4 heteroatoms. The molecule has 0 aromatic rings. The van der Waals surface area contributed by atoms with E-state index in [-0.39, 0.29) is 18.1 Å². The number of likely N-dealkylation sites (N-methyl/N-ethyl adjacent to an activating group) is 1. The number of amides is 1. The predicted molar refractivity (Wildman–Crippen MR) is 64.3 cm³/mol. The molecule has 0 saturated heterocycles. The Morgan fingerprint density at radius 3 is 2.06 bits per heavy atom. The summed E-state index contributed by atoms with van der Waals surface area (Å²) in [4.78, 5) is 13.4. The lowest BCUT2D eigenvalue weighted by atomic mass is 10.1. The number of hydrogen-bond donors (Lipinski definition) is 1. The Morgan fingerprint density at radius 1 is 1.25 bits per heavy atom. The second kappa shape index (κ2) is 5.64. The lowest BCUT2D eigenvalue weighted by Gasteiger charge is -2.29. The Bertz CT molecular complexity index is 225. The van der Waals surface area contributed by atoms with Crippen molar-refractivity contribution in [2.24, 2.45) is 0 Å². The third-order valence-electron chi connectivity index (χ3n) is 1.94. The van der Waals surface area contributed by atoms with Crippen LogP contribution in [-0.2, 0) is 9.53 Å². The molecule has 0 radical (unpaired) electrons. The molecule has 0 aromatic heterocycles. The van der Waals surface area contributed by atoms with Crippen LogP contribution in [0, 0.1) is 0 Å². The molecule has 0 aromatic carbocycles. The van der Waals surface area contributed by atoms with Crippen LogP contribution in [0.5, 0.6) is 0 Å². The topological polar surface area (TPSA) is 49.8 Å². The summed E-state index contributed by atoms with van der Waals surface area (Å²) in [6.45, 7) is 12.0. The quantitative estimate of drug-likeness (QED) is 0.778. The van der Waals surface area contributed by atoms with Crippen molar-refractivity contribution in [1.82, 2.24) is 4.90 Å². The van der Waals surface area contributed by atoms with Crippen LogP contribution in [0.2, 0.25) is 0 Å². The Hall–Kier alpha value is -0.610. The van der Waals surface area contributed by atoms with Gasteiger partial charge in [0.05, 0.1) is 11.2 Å². The first-order valence-corrected chi connectivity index (χ1v) is 5.69. The Morgan fingerprint density at radius 2 is 1.75 bits per heavy atom. The SMILES string of the molecule is CCN(CC(C)(C)O)C(=O)COC(C)(C)C. The normalized spacial score (nSPS) is 12.7. The minimum absolute atomic E-state index is 0.0629. The van der Waals surface area contributed by atoms with E-state index in [9.17, 15) is 9.90 Å². The van der Waals surface area contributed by atoms with Crippen molar-refractivity contribution in [1.29, 1.82) is 0 Å². The number of aliphatic hydroxyl groups is 1. The number of carbonyl (C=O) groups excluding carboxylic acids is 1. The molecule has 0 rings (SSSR count). The summed E-state index contributed by atoms with van der Waals surface area (Å²) in [6, 6.07) is 0. The largest absolute Gasteiger partial charge is 0.389 e. The molecule has 16 heavy (non-hydrogen) atoms. The highest BCUT2D eigenvalue weighted by molar-refractivity contribution is 5.77. The van der Waals surface area contributed by atoms with E-state index in [1.165, 1.54) is 0 Å². The molecule has 1 N–H and O–H groups in total. The van der Waals surface area contributed by atoms with Gasteiger partial charge in [0.25, 0.3) is 0 Å². The smallest absolute Gasteiger partial charge is 0.248 e. The minimum Gasteiger partial charge on any atom is -0.389 e. The van der Waals surface area contributed by atoms with Crippen molar-refractivity contribution in [3.63, 3.8) is 0 Å². The van der Waals surface area contributed by atoms with E-state index in [0.717, 1.165) is 0 Å². The fraction of sp³-hybridized carbons (Fsp3) is 0.917. The molecule has 1 amide bonds. The van der Waals surface area contributed by atoms with E-state index in [4.69, 9.17) is 4.74 Å². The predicted octanol–water partition coefficient (Wildman–Crippen LogP) is 1.42. The molecule has 0 saturated carbocycles. The molecule has 0 unspecified atom stereocenters. The van der Waals surface area contributed by atoms with Gasteiger partial charge < -0.3 is 14.7 Å². The van der Waals surface area contributed by atoms with Gasteiger partial charge in [-0.2, -0.15) is 0 Å². The molecule has 0 aliphatic rings. The van der Waals surface area contributed by atoms with Gasteiger partial charge in [-0.15, -0.1) is 0 Å². The first kappa shape index (κ1) is 15.4. The minimum atomic E-state index is -0.868. The number of rotatable bonds is 5. The molecule has 0 atom stereocenters. The van der Waals surface area contributed by atoms with Gasteiger partial charge in [-0.1, -0.05) is 0 Å². The Balaban J connectivity index is 4.22. The summed E-state index contributed by atoms with van der Waals surface area (Å²) in [7, 11) is 0. The monoisotopic (exact) mass is 231 g/mol. The van der Waals surface area contributed by atoms with Crippen molar-refractivity contribution < 1.29 is 14.6 Å². The fourth-order valence-electron chi connectivity index (χ4n) is 1.21. The summed E-state index contributed by atoms with van der Waals surface area (Å²) >= 11 is 0. The fourth-order valence-corrected chi connectivity index (χ4v) is 1.21. The molecule has 0 aliphatic heterocycles. The zero-order chi connectivity index (χ0) is 13.0. The number of ether oxygens (including phenoxy) is 1. The molecular formula is C12H25NO3. The highest BCUT2D eigenvalue weighted by Gasteiger charge is 2.22. The van der Waals surface area contributed by atoms with Gasteiger partial charge in [-0.25, -0.2) is 0 Å². The summed E-state index contributed by atoms with van der Waals surface area (Å²) in [5, 5.41) is 9.66. The average Bonchev–Trinajstić information content (AvgIpc) is 2.07. The highest BCUT2D eigenvalue weighted by atomic mass is 16.5. The maximum atomic E-state index is 11.8. The maximum absolute atomic E-state index is 11.8. The molecular weight excluding hydrogens is 206 g/mol. The number of nitrogens with zero attached hydrogens (tertiary/aromatic N) is 1. The van der Waals surface area contributed by atoms with E-state index < -0.39 is 5.60 Å². The Kier molecular flexibility index (Phi) is 5.42. The van der Waals surface area contributed by atoms with E-state index in [2.05, 4.69) is 0 Å². The molecule has 0 fully saturated rings. The van der Waals surface area contributed by atoms with Crippen molar-refractivity contribution in [3.8, 4) is 0 Å². The lowest BCUT2D eigenvalue weighted by Crippen LogP contribution is -2.44. The Labute approximate surface area is 98.6 Å². The summed E-state index contributed by atoms with van der Waals surface area (Å²) in [6.07, 6.45) is 0. The van der Waals surface area contributed by atoms with Crippen LogP contribution < -0.4 is 0 Å². The molecule has 4 nitrogen and oxygen atoms in total. The first-order chi connectivity index (χ1) is 7.05. The van der Waals surface area contributed by atoms with Gasteiger partial charge in [0.15, 0.2) is 0 Å². The van der Waals surface area contributed by atoms with E-state index in [0.29, 0.717) is 13.1 Å². The van der Waals surface area contributed by atoms with Crippen LogP contribution >= 0.6 is 0 Å². The van der Waals surface area contributed by atoms with Crippen LogP contribution in [0.3, 0.4) is 0 Å². The van der Waals surface area contributed by atoms with Crippen molar-refractivity contribution in [2.75, 3.05) is 19.7 Å². The van der Waals surface area contributed by atoms with Gasteiger partial charge in [0.2, 0.25) is 5.91 Å². The van der Waals surface area contributed by atoms with E-state index >= 15 is 0 Å². The van der Waals surface area contributed by atoms with Crippen molar-refractivity contribution in [3.05, 3.63) is 0 Å². The lowest BCUT2D eigenvalue weighted by molar-refractivity contribution is -0.143. The molecule has 0 bridgehead atoms. The van der Waals surface area contributed by atoms with Crippen molar-refractivity contribution >= 4 is 5.91 Å². The standard InChI is InChI=1S/C12H25NO3/c1-7-13(9-12(5,6)15)10(14)8-16-11(2,3)4/h15H,7-9H2,1-6H3. The zero-order valence-electron chi connectivity index (χ0n) is 11.3. The highest BCUT2D eigenvalue weighted by Crippen LogP contribution is 2.09. The van der Waals surface area contributed by atoms with Crippen LogP contribution in [0.1, 0.15) is 41.5 Å². The second-order valence-electron chi connectivity index (χ2n) is 5.62. The van der Waals surface area contributed by atoms with E-state index in [1.807, 2.05) is 27.7 Å². The van der Waals surface area contributed by atoms with Gasteiger partial charge >= 0.3 is 0 Å². The summed E-state index contributed by atoms with van der Waals surface area (Å²) in [5.41, 5.74) is -1.18. The van der Waals surface area contributed by atoms with Gasteiger partial charge in [-0.3, -0.25) is 4.79 Å². The molecule has 0 spiro atoms. The van der Waals surface area contributed by atoms with Crippen LogP contribution in [0.4, 0.5) is 0 Å². The summed E-state index contributed by atoms with van der Waals surface area (Å²) in [5.74, 6) is -0.0837. The van der Waals surface area contributed by atoms with Gasteiger partial charge in [0.1, 0.15) is 6.61 Å². The molecule has 0 heterocycles. The average molecular weight is 231 g/mol. The zero-order valence-corrected chi connectivity index (χ0v) is 11.3. The first-order valence-electron chi connectivity index (χ1n) is 5.69. The number of hydrogen-bond acceptors (Lipinski definition) is 3. The molecule has 0 aliphatic carbocycles. The van der Waals surface area contributed by atoms with Crippen molar-refractivity contribution in [2.45, 2.75) is 52.7 Å². The van der Waals surface area contributed by atoms with E-state index in [1.54, 1.807) is 18.7 Å². The molecule has 96 valence electrons.